The SMILES string of the molecule is CC[C@@H](C)[C@@H](CBr)NC(=O)[C@H](Cc1ccccc1)NC(=O)OC(C)(C)C. The van der Waals surface area contributed by atoms with Crippen molar-refractivity contribution in [3.8, 4) is 0 Å². The van der Waals surface area contributed by atoms with E-state index in [1.165, 1.54) is 0 Å². The average molecular weight is 427 g/mol. The maximum absolute atomic E-state index is 12.8. The van der Waals surface area contributed by atoms with Gasteiger partial charge in [-0.1, -0.05) is 66.5 Å². The van der Waals surface area contributed by atoms with Crippen molar-refractivity contribution in [1.82, 2.24) is 10.6 Å². The van der Waals surface area contributed by atoms with Crippen LogP contribution in [0.5, 0.6) is 0 Å². The Morgan fingerprint density at radius 3 is 2.27 bits per heavy atom. The second kappa shape index (κ2) is 10.6. The summed E-state index contributed by atoms with van der Waals surface area (Å²) in [5.41, 5.74) is 0.357. The molecule has 146 valence electrons. The van der Waals surface area contributed by atoms with Crippen molar-refractivity contribution in [2.45, 2.75) is 65.1 Å². The van der Waals surface area contributed by atoms with Crippen molar-refractivity contribution in [2.75, 3.05) is 5.33 Å². The maximum Gasteiger partial charge on any atom is 0.408 e. The van der Waals surface area contributed by atoms with E-state index in [-0.39, 0.29) is 11.9 Å². The zero-order valence-electron chi connectivity index (χ0n) is 16.3. The molecule has 6 heteroatoms. The standard InChI is InChI=1S/C20H31BrN2O3/c1-6-14(2)17(13-21)22-18(24)16(12-15-10-8-7-9-11-15)23-19(25)26-20(3,4)5/h7-11,14,16-17H,6,12-13H2,1-5H3,(H,22,24)(H,23,25)/t14-,16+,17-/m1/s1. The van der Waals surface area contributed by atoms with E-state index in [2.05, 4.69) is 40.4 Å². The lowest BCUT2D eigenvalue weighted by Gasteiger charge is -2.27. The minimum Gasteiger partial charge on any atom is -0.444 e. The summed E-state index contributed by atoms with van der Waals surface area (Å²) in [7, 11) is 0. The van der Waals surface area contributed by atoms with Crippen LogP contribution in [0.25, 0.3) is 0 Å². The zero-order valence-corrected chi connectivity index (χ0v) is 17.9. The second-order valence-electron chi connectivity index (χ2n) is 7.54. The third-order valence-corrected chi connectivity index (χ3v) is 4.81. The van der Waals surface area contributed by atoms with Gasteiger partial charge in [0.15, 0.2) is 0 Å². The fourth-order valence-electron chi connectivity index (χ4n) is 2.41. The highest BCUT2D eigenvalue weighted by atomic mass is 79.9. The molecule has 5 nitrogen and oxygen atoms in total. The Labute approximate surface area is 165 Å². The fraction of sp³-hybridized carbons (Fsp3) is 0.600. The molecule has 3 atom stereocenters. The molecule has 2 N–H and O–H groups in total. The number of amides is 2. The molecule has 0 radical (unpaired) electrons. The highest BCUT2D eigenvalue weighted by molar-refractivity contribution is 9.09. The van der Waals surface area contributed by atoms with Crippen LogP contribution in [0.4, 0.5) is 4.79 Å². The molecule has 0 aliphatic rings. The van der Waals surface area contributed by atoms with Gasteiger partial charge in [0, 0.05) is 17.8 Å². The van der Waals surface area contributed by atoms with E-state index in [1.807, 2.05) is 30.3 Å². The zero-order chi connectivity index (χ0) is 19.7. The summed E-state index contributed by atoms with van der Waals surface area (Å²) in [5.74, 6) is 0.127. The lowest BCUT2D eigenvalue weighted by molar-refractivity contribution is -0.124. The molecule has 0 saturated carbocycles. The van der Waals surface area contributed by atoms with Crippen LogP contribution in [0.1, 0.15) is 46.6 Å². The maximum atomic E-state index is 12.8. The van der Waals surface area contributed by atoms with Crippen LogP contribution < -0.4 is 10.6 Å². The highest BCUT2D eigenvalue weighted by Crippen LogP contribution is 2.12. The van der Waals surface area contributed by atoms with Gasteiger partial charge in [0.05, 0.1) is 0 Å². The van der Waals surface area contributed by atoms with Gasteiger partial charge in [-0.15, -0.1) is 0 Å². The van der Waals surface area contributed by atoms with Crippen molar-refractivity contribution in [3.05, 3.63) is 35.9 Å². The summed E-state index contributed by atoms with van der Waals surface area (Å²) in [6.45, 7) is 9.57. The molecule has 0 aliphatic heterocycles. The molecule has 0 aliphatic carbocycles. The molecule has 1 aromatic rings. The molecule has 2 amide bonds. The number of ether oxygens (including phenoxy) is 1. The van der Waals surface area contributed by atoms with Gasteiger partial charge in [-0.2, -0.15) is 0 Å². The lowest BCUT2D eigenvalue weighted by Crippen LogP contribution is -2.53. The highest BCUT2D eigenvalue weighted by Gasteiger charge is 2.27. The van der Waals surface area contributed by atoms with Gasteiger partial charge in [-0.3, -0.25) is 4.79 Å². The molecule has 0 heterocycles. The lowest BCUT2D eigenvalue weighted by atomic mass is 9.99. The topological polar surface area (TPSA) is 67.4 Å². The van der Waals surface area contributed by atoms with E-state index >= 15 is 0 Å². The minimum absolute atomic E-state index is 0.00575. The van der Waals surface area contributed by atoms with Gasteiger partial charge >= 0.3 is 6.09 Å². The predicted octanol–water partition coefficient (Wildman–Crippen LogP) is 4.05. The molecule has 1 rings (SSSR count). The summed E-state index contributed by atoms with van der Waals surface area (Å²) in [5, 5.41) is 6.43. The van der Waals surface area contributed by atoms with Gasteiger partial charge < -0.3 is 15.4 Å². The van der Waals surface area contributed by atoms with Crippen LogP contribution in [0, 0.1) is 5.92 Å². The Hall–Kier alpha value is -1.56. The van der Waals surface area contributed by atoms with Crippen LogP contribution in [-0.2, 0) is 16.0 Å². The Morgan fingerprint density at radius 1 is 1.15 bits per heavy atom. The number of benzene rings is 1. The summed E-state index contributed by atoms with van der Waals surface area (Å²) < 4.78 is 5.32. The van der Waals surface area contributed by atoms with Crippen molar-refractivity contribution >= 4 is 27.9 Å². The summed E-state index contributed by atoms with van der Waals surface area (Å²) in [6.07, 6.45) is 0.772. The van der Waals surface area contributed by atoms with Gasteiger partial charge in [-0.25, -0.2) is 4.79 Å². The number of carbonyl (C=O) groups is 2. The Morgan fingerprint density at radius 2 is 1.77 bits per heavy atom. The normalized spacial score (nSPS) is 14.8. The van der Waals surface area contributed by atoms with E-state index in [0.29, 0.717) is 17.7 Å². The Bertz CT molecular complexity index is 572. The molecule has 0 spiro atoms. The first-order valence-corrected chi connectivity index (χ1v) is 10.2. The van der Waals surface area contributed by atoms with E-state index < -0.39 is 17.7 Å². The summed E-state index contributed by atoms with van der Waals surface area (Å²) in [4.78, 5) is 25.0. The summed E-state index contributed by atoms with van der Waals surface area (Å²) in [6, 6.07) is 8.94. The number of alkyl halides is 1. The van der Waals surface area contributed by atoms with E-state index in [1.54, 1.807) is 20.8 Å². The Balaban J connectivity index is 2.88. The Kier molecular flexibility index (Phi) is 9.13. The fourth-order valence-corrected chi connectivity index (χ4v) is 3.21. The van der Waals surface area contributed by atoms with Crippen LogP contribution in [0.3, 0.4) is 0 Å². The van der Waals surface area contributed by atoms with Gasteiger partial charge in [0.1, 0.15) is 11.6 Å². The number of carbonyl (C=O) groups excluding carboxylic acids is 2. The first-order chi connectivity index (χ1) is 12.2. The molecule has 0 saturated heterocycles. The third-order valence-electron chi connectivity index (χ3n) is 4.11. The minimum atomic E-state index is -0.696. The van der Waals surface area contributed by atoms with Gasteiger partial charge in [0.2, 0.25) is 5.91 Å². The monoisotopic (exact) mass is 426 g/mol. The molecule has 0 fully saturated rings. The largest absolute Gasteiger partial charge is 0.444 e. The van der Waals surface area contributed by atoms with Crippen molar-refractivity contribution in [1.29, 1.82) is 0 Å². The molecular formula is C20H31BrN2O3. The number of nitrogens with one attached hydrogen (secondary N) is 2. The number of hydrogen-bond donors (Lipinski definition) is 2. The molecule has 26 heavy (non-hydrogen) atoms. The molecule has 1 aromatic carbocycles. The second-order valence-corrected chi connectivity index (χ2v) is 8.19. The van der Waals surface area contributed by atoms with Crippen molar-refractivity contribution in [3.63, 3.8) is 0 Å². The predicted molar refractivity (Wildman–Crippen MR) is 108 cm³/mol. The van der Waals surface area contributed by atoms with Gasteiger partial charge in [0.25, 0.3) is 0 Å². The number of halogens is 1. The van der Waals surface area contributed by atoms with Crippen LogP contribution in [0.2, 0.25) is 0 Å². The van der Waals surface area contributed by atoms with E-state index in [0.717, 1.165) is 12.0 Å². The number of hydrogen-bond acceptors (Lipinski definition) is 3. The van der Waals surface area contributed by atoms with E-state index in [9.17, 15) is 9.59 Å². The number of alkyl carbamates (subject to hydrolysis) is 1. The van der Waals surface area contributed by atoms with Crippen LogP contribution in [0.15, 0.2) is 30.3 Å². The number of rotatable bonds is 8. The average Bonchev–Trinajstić information content (AvgIpc) is 2.57. The third kappa shape index (κ3) is 8.21. The molecule has 0 bridgehead atoms. The first kappa shape index (κ1) is 22.5. The van der Waals surface area contributed by atoms with Crippen molar-refractivity contribution in [2.24, 2.45) is 5.92 Å². The first-order valence-electron chi connectivity index (χ1n) is 9.06. The smallest absolute Gasteiger partial charge is 0.408 e. The van der Waals surface area contributed by atoms with Crippen molar-refractivity contribution < 1.29 is 14.3 Å². The quantitative estimate of drug-likeness (QED) is 0.616. The molecule has 0 unspecified atom stereocenters. The molecular weight excluding hydrogens is 396 g/mol. The molecule has 0 aromatic heterocycles. The van der Waals surface area contributed by atoms with E-state index in [4.69, 9.17) is 4.74 Å². The summed E-state index contributed by atoms with van der Waals surface area (Å²) >= 11 is 3.47. The van der Waals surface area contributed by atoms with Crippen LogP contribution in [-0.4, -0.2) is 35.0 Å². The van der Waals surface area contributed by atoms with Crippen LogP contribution >= 0.6 is 15.9 Å². The van der Waals surface area contributed by atoms with Gasteiger partial charge in [-0.05, 0) is 32.3 Å².